The smallest absolute Gasteiger partial charge is 0.260 e. The number of amides is 2. The highest BCUT2D eigenvalue weighted by molar-refractivity contribution is 5.95. The number of methoxy groups -OCH3 is 2. The van der Waals surface area contributed by atoms with Crippen molar-refractivity contribution in [1.29, 1.82) is 0 Å². The molecule has 0 aliphatic carbocycles. The molecule has 150 valence electrons. The molecule has 2 rings (SSSR count). The van der Waals surface area contributed by atoms with Crippen LogP contribution in [0.25, 0.3) is 0 Å². The Balaban J connectivity index is 1.93. The summed E-state index contributed by atoms with van der Waals surface area (Å²) in [5.41, 5.74) is 0.563. The van der Waals surface area contributed by atoms with Crippen molar-refractivity contribution in [1.82, 2.24) is 4.90 Å². The van der Waals surface area contributed by atoms with Crippen LogP contribution >= 0.6 is 0 Å². The Morgan fingerprint density at radius 1 is 0.964 bits per heavy atom. The highest BCUT2D eigenvalue weighted by atomic mass is 16.5. The number of nitrogens with one attached hydrogen (secondary N) is 1. The third-order valence-electron chi connectivity index (χ3n) is 3.98. The van der Waals surface area contributed by atoms with Crippen molar-refractivity contribution < 1.29 is 23.8 Å². The van der Waals surface area contributed by atoms with Gasteiger partial charge in [0.2, 0.25) is 5.91 Å². The molecule has 7 heteroatoms. The Labute approximate surface area is 165 Å². The van der Waals surface area contributed by atoms with Crippen LogP contribution in [0.4, 0.5) is 5.69 Å². The molecule has 7 nitrogen and oxygen atoms in total. The van der Waals surface area contributed by atoms with E-state index in [1.807, 2.05) is 13.0 Å². The summed E-state index contributed by atoms with van der Waals surface area (Å²) in [6, 6.07) is 14.1. The molecule has 2 aromatic carbocycles. The second-order valence-corrected chi connectivity index (χ2v) is 6.03. The SMILES string of the molecule is CCCN(CC(=O)Nc1ccccc1OC)C(=O)COc1ccc(OC)cc1. The van der Waals surface area contributed by atoms with Gasteiger partial charge in [0.25, 0.3) is 5.91 Å². The zero-order valence-corrected chi connectivity index (χ0v) is 16.4. The molecule has 0 saturated carbocycles. The van der Waals surface area contributed by atoms with E-state index in [9.17, 15) is 9.59 Å². The van der Waals surface area contributed by atoms with Crippen LogP contribution < -0.4 is 19.5 Å². The predicted molar refractivity (Wildman–Crippen MR) is 107 cm³/mol. The average molecular weight is 386 g/mol. The van der Waals surface area contributed by atoms with Crippen LogP contribution in [-0.4, -0.2) is 50.6 Å². The van der Waals surface area contributed by atoms with Crippen molar-refractivity contribution >= 4 is 17.5 Å². The Bertz CT molecular complexity index is 777. The molecule has 0 aromatic heterocycles. The number of hydrogen-bond acceptors (Lipinski definition) is 5. The second kappa shape index (κ2) is 10.8. The van der Waals surface area contributed by atoms with Gasteiger partial charge >= 0.3 is 0 Å². The number of rotatable bonds is 10. The van der Waals surface area contributed by atoms with Crippen molar-refractivity contribution in [2.75, 3.05) is 39.2 Å². The number of ether oxygens (including phenoxy) is 3. The van der Waals surface area contributed by atoms with Crippen LogP contribution in [0.5, 0.6) is 17.2 Å². The number of hydrogen-bond donors (Lipinski definition) is 1. The molecule has 0 fully saturated rings. The molecule has 2 aromatic rings. The summed E-state index contributed by atoms with van der Waals surface area (Å²) >= 11 is 0. The van der Waals surface area contributed by atoms with Crippen molar-refractivity contribution in [2.24, 2.45) is 0 Å². The van der Waals surface area contributed by atoms with Gasteiger partial charge in [-0.25, -0.2) is 0 Å². The fraction of sp³-hybridized carbons (Fsp3) is 0.333. The Morgan fingerprint density at radius 3 is 2.29 bits per heavy atom. The molecular formula is C21H26N2O5. The number of para-hydroxylation sites is 2. The summed E-state index contributed by atoms with van der Waals surface area (Å²) in [6.45, 7) is 2.21. The minimum atomic E-state index is -0.296. The zero-order chi connectivity index (χ0) is 20.4. The lowest BCUT2D eigenvalue weighted by Crippen LogP contribution is -2.41. The number of carbonyl (C=O) groups is 2. The Morgan fingerprint density at radius 2 is 1.64 bits per heavy atom. The van der Waals surface area contributed by atoms with E-state index >= 15 is 0 Å². The molecule has 0 saturated heterocycles. The fourth-order valence-electron chi connectivity index (χ4n) is 2.58. The van der Waals surface area contributed by atoms with Gasteiger partial charge in [-0.1, -0.05) is 19.1 Å². The van der Waals surface area contributed by atoms with E-state index in [1.54, 1.807) is 49.6 Å². The van der Waals surface area contributed by atoms with Gasteiger partial charge < -0.3 is 24.4 Å². The molecule has 1 N–H and O–H groups in total. The monoisotopic (exact) mass is 386 g/mol. The van der Waals surface area contributed by atoms with E-state index in [0.717, 1.165) is 6.42 Å². The maximum atomic E-state index is 12.5. The maximum Gasteiger partial charge on any atom is 0.260 e. The summed E-state index contributed by atoms with van der Waals surface area (Å²) in [5.74, 6) is 1.28. The average Bonchev–Trinajstić information content (AvgIpc) is 2.72. The molecule has 0 aliphatic heterocycles. The molecule has 0 heterocycles. The highest BCUT2D eigenvalue weighted by Crippen LogP contribution is 2.23. The molecule has 0 atom stereocenters. The maximum absolute atomic E-state index is 12.5. The molecule has 2 amide bonds. The van der Waals surface area contributed by atoms with Crippen molar-refractivity contribution in [3.05, 3.63) is 48.5 Å². The molecule has 0 bridgehead atoms. The summed E-state index contributed by atoms with van der Waals surface area (Å²) in [7, 11) is 3.12. The van der Waals surface area contributed by atoms with Crippen molar-refractivity contribution in [3.63, 3.8) is 0 Å². The summed E-state index contributed by atoms with van der Waals surface area (Å²) in [5, 5.41) is 2.78. The first kappa shape index (κ1) is 21.1. The van der Waals surface area contributed by atoms with E-state index in [1.165, 1.54) is 12.0 Å². The number of carbonyl (C=O) groups excluding carboxylic acids is 2. The zero-order valence-electron chi connectivity index (χ0n) is 16.4. The van der Waals surface area contributed by atoms with Gasteiger partial charge in [0.1, 0.15) is 17.2 Å². The lowest BCUT2D eigenvalue weighted by molar-refractivity contribution is -0.136. The first-order chi connectivity index (χ1) is 13.6. The van der Waals surface area contributed by atoms with E-state index in [-0.39, 0.29) is 25.0 Å². The van der Waals surface area contributed by atoms with Crippen LogP contribution in [0.15, 0.2) is 48.5 Å². The van der Waals surface area contributed by atoms with Gasteiger partial charge in [0.15, 0.2) is 6.61 Å². The fourth-order valence-corrected chi connectivity index (χ4v) is 2.58. The minimum absolute atomic E-state index is 0.0588. The van der Waals surface area contributed by atoms with Crippen LogP contribution in [0, 0.1) is 0 Å². The minimum Gasteiger partial charge on any atom is -0.497 e. The topological polar surface area (TPSA) is 77.1 Å². The summed E-state index contributed by atoms with van der Waals surface area (Å²) in [6.07, 6.45) is 0.732. The molecule has 0 radical (unpaired) electrons. The first-order valence-electron chi connectivity index (χ1n) is 9.04. The van der Waals surface area contributed by atoms with E-state index in [4.69, 9.17) is 14.2 Å². The first-order valence-corrected chi connectivity index (χ1v) is 9.04. The standard InChI is InChI=1S/C21H26N2O5/c1-4-13-23(14-20(24)22-18-7-5-6-8-19(18)27-3)21(25)15-28-17-11-9-16(26-2)10-12-17/h5-12H,4,13-15H2,1-3H3,(H,22,24). The number of benzene rings is 2. The lowest BCUT2D eigenvalue weighted by atomic mass is 10.3. The predicted octanol–water partition coefficient (Wildman–Crippen LogP) is 2.96. The number of anilines is 1. The molecule has 0 unspecified atom stereocenters. The number of nitrogens with zero attached hydrogens (tertiary/aromatic N) is 1. The van der Waals surface area contributed by atoms with Gasteiger partial charge in [-0.05, 0) is 42.8 Å². The van der Waals surface area contributed by atoms with Crippen LogP contribution in [0.1, 0.15) is 13.3 Å². The Kier molecular flexibility index (Phi) is 8.14. The summed E-state index contributed by atoms with van der Waals surface area (Å²) < 4.78 is 15.8. The highest BCUT2D eigenvalue weighted by Gasteiger charge is 2.18. The third-order valence-corrected chi connectivity index (χ3v) is 3.98. The molecular weight excluding hydrogens is 360 g/mol. The van der Waals surface area contributed by atoms with Crippen LogP contribution in [-0.2, 0) is 9.59 Å². The van der Waals surface area contributed by atoms with Gasteiger partial charge in [0, 0.05) is 6.54 Å². The van der Waals surface area contributed by atoms with Gasteiger partial charge in [-0.2, -0.15) is 0 Å². The van der Waals surface area contributed by atoms with E-state index < -0.39 is 0 Å². The summed E-state index contributed by atoms with van der Waals surface area (Å²) in [4.78, 5) is 26.4. The van der Waals surface area contributed by atoms with E-state index in [2.05, 4.69) is 5.32 Å². The van der Waals surface area contributed by atoms with E-state index in [0.29, 0.717) is 29.5 Å². The van der Waals surface area contributed by atoms with Crippen LogP contribution in [0.2, 0.25) is 0 Å². The Hall–Kier alpha value is -3.22. The normalized spacial score (nSPS) is 10.1. The lowest BCUT2D eigenvalue weighted by Gasteiger charge is -2.22. The van der Waals surface area contributed by atoms with Gasteiger partial charge in [0.05, 0.1) is 26.5 Å². The van der Waals surface area contributed by atoms with Crippen LogP contribution in [0.3, 0.4) is 0 Å². The molecule has 0 aliphatic rings. The molecule has 28 heavy (non-hydrogen) atoms. The third kappa shape index (κ3) is 6.19. The quantitative estimate of drug-likeness (QED) is 0.679. The second-order valence-electron chi connectivity index (χ2n) is 6.03. The molecule has 0 spiro atoms. The van der Waals surface area contributed by atoms with Gasteiger partial charge in [-0.15, -0.1) is 0 Å². The largest absolute Gasteiger partial charge is 0.497 e. The van der Waals surface area contributed by atoms with Gasteiger partial charge in [-0.3, -0.25) is 9.59 Å². The van der Waals surface area contributed by atoms with Crippen molar-refractivity contribution in [3.8, 4) is 17.2 Å². The van der Waals surface area contributed by atoms with Crippen molar-refractivity contribution in [2.45, 2.75) is 13.3 Å².